The van der Waals surface area contributed by atoms with E-state index in [4.69, 9.17) is 4.74 Å². The summed E-state index contributed by atoms with van der Waals surface area (Å²) < 4.78 is 5.42. The van der Waals surface area contributed by atoms with Crippen molar-refractivity contribution in [2.24, 2.45) is 0 Å². The van der Waals surface area contributed by atoms with E-state index in [0.29, 0.717) is 17.8 Å². The summed E-state index contributed by atoms with van der Waals surface area (Å²) in [7, 11) is 3.60. The number of H-pyrrole nitrogens is 1. The molecule has 0 aliphatic carbocycles. The van der Waals surface area contributed by atoms with E-state index in [0.717, 1.165) is 27.4 Å². The molecule has 4 aromatic rings. The van der Waals surface area contributed by atoms with Gasteiger partial charge in [0.1, 0.15) is 16.4 Å². The Bertz CT molecular complexity index is 1140. The predicted octanol–water partition coefficient (Wildman–Crippen LogP) is 4.30. The summed E-state index contributed by atoms with van der Waals surface area (Å²) >= 11 is 1.49. The van der Waals surface area contributed by atoms with Crippen LogP contribution >= 0.6 is 11.3 Å². The minimum Gasteiger partial charge on any atom is -0.495 e. The molecule has 2 aromatic heterocycles. The fourth-order valence-electron chi connectivity index (χ4n) is 3.15. The molecule has 0 bridgehead atoms. The first-order valence-corrected chi connectivity index (χ1v) is 9.45. The number of nitrogens with one attached hydrogen (secondary N) is 1. The Morgan fingerprint density at radius 2 is 1.85 bits per heavy atom. The van der Waals surface area contributed by atoms with Gasteiger partial charge in [0.25, 0.3) is 5.56 Å². The van der Waals surface area contributed by atoms with Gasteiger partial charge in [0.2, 0.25) is 0 Å². The second-order valence-electron chi connectivity index (χ2n) is 6.24. The summed E-state index contributed by atoms with van der Waals surface area (Å²) in [6.45, 7) is 0.476. The van der Waals surface area contributed by atoms with Crippen molar-refractivity contribution >= 4 is 27.2 Å². The molecular weight excluding hydrogens is 358 g/mol. The van der Waals surface area contributed by atoms with Crippen LogP contribution in [-0.4, -0.2) is 24.1 Å². The number of hydrogen-bond donors (Lipinski definition) is 1. The smallest absolute Gasteiger partial charge is 0.260 e. The summed E-state index contributed by atoms with van der Waals surface area (Å²) in [5.74, 6) is 1.41. The molecule has 0 unspecified atom stereocenters. The van der Waals surface area contributed by atoms with Gasteiger partial charge in [0, 0.05) is 18.0 Å². The van der Waals surface area contributed by atoms with Crippen LogP contribution in [0.1, 0.15) is 5.82 Å². The molecule has 0 amide bonds. The van der Waals surface area contributed by atoms with E-state index in [2.05, 4.69) is 9.97 Å². The van der Waals surface area contributed by atoms with Gasteiger partial charge in [0.15, 0.2) is 0 Å². The molecule has 1 N–H and O–H groups in total. The van der Waals surface area contributed by atoms with Crippen LogP contribution in [0.15, 0.2) is 64.8 Å². The zero-order valence-corrected chi connectivity index (χ0v) is 15.9. The molecule has 0 spiro atoms. The normalized spacial score (nSPS) is 10.9. The van der Waals surface area contributed by atoms with E-state index in [1.54, 1.807) is 7.11 Å². The van der Waals surface area contributed by atoms with Crippen molar-refractivity contribution in [3.63, 3.8) is 0 Å². The standard InChI is InChI=1S/C21H19N3O2S/c1-24(16-10-6-7-11-17(16)26-2)12-18-22-20(25)19-15(13-27-21(19)23-18)14-8-4-3-5-9-14/h3-11,13H,12H2,1-2H3,(H,22,23,25). The summed E-state index contributed by atoms with van der Waals surface area (Å²) in [5.41, 5.74) is 2.78. The number of nitrogens with zero attached hydrogens (tertiary/aromatic N) is 2. The molecule has 0 aliphatic heterocycles. The number of methoxy groups -OCH3 is 1. The third kappa shape index (κ3) is 3.31. The van der Waals surface area contributed by atoms with Crippen molar-refractivity contribution in [1.82, 2.24) is 9.97 Å². The maximum absolute atomic E-state index is 12.8. The lowest BCUT2D eigenvalue weighted by Crippen LogP contribution is -2.21. The Kier molecular flexibility index (Phi) is 4.64. The SMILES string of the molecule is COc1ccccc1N(C)Cc1nc2scc(-c3ccccc3)c2c(=O)[nH]1. The van der Waals surface area contributed by atoms with Crippen LogP contribution < -0.4 is 15.2 Å². The molecule has 27 heavy (non-hydrogen) atoms. The van der Waals surface area contributed by atoms with Crippen molar-refractivity contribution in [1.29, 1.82) is 0 Å². The number of thiophene rings is 1. The van der Waals surface area contributed by atoms with Gasteiger partial charge >= 0.3 is 0 Å². The van der Waals surface area contributed by atoms with Crippen molar-refractivity contribution in [3.8, 4) is 16.9 Å². The zero-order chi connectivity index (χ0) is 18.8. The Hall–Kier alpha value is -3.12. The number of aromatic nitrogens is 2. The first-order chi connectivity index (χ1) is 13.2. The van der Waals surface area contributed by atoms with Gasteiger partial charge in [-0.3, -0.25) is 4.79 Å². The molecule has 0 fully saturated rings. The maximum Gasteiger partial charge on any atom is 0.260 e. The highest BCUT2D eigenvalue weighted by Crippen LogP contribution is 2.31. The molecule has 0 atom stereocenters. The number of rotatable bonds is 5. The first kappa shape index (κ1) is 17.3. The molecule has 0 saturated carbocycles. The quantitative estimate of drug-likeness (QED) is 0.563. The molecule has 0 radical (unpaired) electrons. The minimum absolute atomic E-state index is 0.108. The van der Waals surface area contributed by atoms with Gasteiger partial charge in [-0.05, 0) is 17.7 Å². The molecule has 6 heteroatoms. The molecular formula is C21H19N3O2S. The van der Waals surface area contributed by atoms with Crippen LogP contribution in [0.3, 0.4) is 0 Å². The van der Waals surface area contributed by atoms with Gasteiger partial charge in [-0.15, -0.1) is 11.3 Å². The van der Waals surface area contributed by atoms with Crippen LogP contribution in [0.2, 0.25) is 0 Å². The van der Waals surface area contributed by atoms with Crippen molar-refractivity contribution in [2.45, 2.75) is 6.54 Å². The fraction of sp³-hybridized carbons (Fsp3) is 0.143. The number of hydrogen-bond acceptors (Lipinski definition) is 5. The minimum atomic E-state index is -0.108. The summed E-state index contributed by atoms with van der Waals surface area (Å²) in [6.07, 6.45) is 0. The highest BCUT2D eigenvalue weighted by atomic mass is 32.1. The largest absolute Gasteiger partial charge is 0.495 e. The predicted molar refractivity (Wildman–Crippen MR) is 111 cm³/mol. The van der Waals surface area contributed by atoms with Gasteiger partial charge in [0.05, 0.1) is 24.7 Å². The van der Waals surface area contributed by atoms with E-state index < -0.39 is 0 Å². The second-order valence-corrected chi connectivity index (χ2v) is 7.09. The number of benzene rings is 2. The Balaban J connectivity index is 1.69. The molecule has 136 valence electrons. The lowest BCUT2D eigenvalue weighted by atomic mass is 10.1. The van der Waals surface area contributed by atoms with E-state index in [-0.39, 0.29) is 5.56 Å². The third-order valence-corrected chi connectivity index (χ3v) is 5.33. The average molecular weight is 377 g/mol. The molecule has 2 aromatic carbocycles. The molecule has 4 rings (SSSR count). The van der Waals surface area contributed by atoms with Crippen LogP contribution in [0.5, 0.6) is 5.75 Å². The third-order valence-electron chi connectivity index (χ3n) is 4.46. The van der Waals surface area contributed by atoms with Gasteiger partial charge < -0.3 is 14.6 Å². The number of ether oxygens (including phenoxy) is 1. The topological polar surface area (TPSA) is 58.2 Å². The first-order valence-electron chi connectivity index (χ1n) is 8.57. The lowest BCUT2D eigenvalue weighted by molar-refractivity contribution is 0.414. The molecule has 2 heterocycles. The van der Waals surface area contributed by atoms with Gasteiger partial charge in [-0.25, -0.2) is 4.98 Å². The fourth-order valence-corrected chi connectivity index (χ4v) is 4.12. The summed E-state index contributed by atoms with van der Waals surface area (Å²) in [5, 5.41) is 2.64. The van der Waals surface area contributed by atoms with Crippen molar-refractivity contribution in [3.05, 3.63) is 76.2 Å². The highest BCUT2D eigenvalue weighted by Gasteiger charge is 2.14. The summed E-state index contributed by atoms with van der Waals surface area (Å²) in [6, 6.07) is 17.7. The second kappa shape index (κ2) is 7.25. The number of para-hydroxylation sites is 2. The van der Waals surface area contributed by atoms with Crippen LogP contribution in [-0.2, 0) is 6.54 Å². The zero-order valence-electron chi connectivity index (χ0n) is 15.1. The van der Waals surface area contributed by atoms with E-state index in [1.807, 2.05) is 71.9 Å². The van der Waals surface area contributed by atoms with Crippen molar-refractivity contribution in [2.75, 3.05) is 19.1 Å². The number of anilines is 1. The van der Waals surface area contributed by atoms with E-state index >= 15 is 0 Å². The van der Waals surface area contributed by atoms with E-state index in [9.17, 15) is 4.79 Å². The maximum atomic E-state index is 12.8. The Morgan fingerprint density at radius 1 is 1.11 bits per heavy atom. The van der Waals surface area contributed by atoms with E-state index in [1.165, 1.54) is 11.3 Å². The lowest BCUT2D eigenvalue weighted by Gasteiger charge is -2.21. The number of fused-ring (bicyclic) bond motifs is 1. The highest BCUT2D eigenvalue weighted by molar-refractivity contribution is 7.17. The van der Waals surface area contributed by atoms with Crippen molar-refractivity contribution < 1.29 is 4.74 Å². The number of aromatic amines is 1. The molecule has 0 saturated heterocycles. The van der Waals surface area contributed by atoms with Gasteiger partial charge in [-0.1, -0.05) is 42.5 Å². The van der Waals surface area contributed by atoms with Crippen LogP contribution in [0, 0.1) is 0 Å². The summed E-state index contributed by atoms with van der Waals surface area (Å²) in [4.78, 5) is 23.1. The molecule has 0 aliphatic rings. The van der Waals surface area contributed by atoms with Gasteiger partial charge in [-0.2, -0.15) is 0 Å². The molecule has 5 nitrogen and oxygen atoms in total. The monoisotopic (exact) mass is 377 g/mol. The Morgan fingerprint density at radius 3 is 2.63 bits per heavy atom. The van der Waals surface area contributed by atoms with Crippen LogP contribution in [0.4, 0.5) is 5.69 Å². The Labute approximate surface area is 160 Å². The van der Waals surface area contributed by atoms with Crippen LogP contribution in [0.25, 0.3) is 21.3 Å². The average Bonchev–Trinajstić information content (AvgIpc) is 3.13.